The number of amides is 2. The molecule has 2 atom stereocenters. The number of anilines is 1. The molecule has 6 rings (SSSR count). The molecule has 11 nitrogen and oxygen atoms in total. The first-order valence-corrected chi connectivity index (χ1v) is 18.4. The Morgan fingerprint density at radius 1 is 0.961 bits per heavy atom. The number of hydrogen-bond acceptors (Lipinski definition) is 11. The summed E-state index contributed by atoms with van der Waals surface area (Å²) in [6.45, 7) is 6.70. The van der Waals surface area contributed by atoms with Gasteiger partial charge in [-0.15, -0.1) is 23.1 Å². The van der Waals surface area contributed by atoms with E-state index in [4.69, 9.17) is 14.6 Å². The molecule has 2 amide bonds. The van der Waals surface area contributed by atoms with Gasteiger partial charge in [-0.25, -0.2) is 9.78 Å². The lowest BCUT2D eigenvalue weighted by atomic mass is 9.77. The number of oxime groups is 1. The molecule has 13 heteroatoms. The average Bonchev–Trinajstić information content (AvgIpc) is 3.60. The molecule has 4 aromatic rings. The highest BCUT2D eigenvalue weighted by atomic mass is 32.2. The van der Waals surface area contributed by atoms with E-state index in [9.17, 15) is 19.5 Å². The van der Waals surface area contributed by atoms with E-state index in [2.05, 4.69) is 52.2 Å². The topological polar surface area (TPSA) is 142 Å². The molecule has 1 fully saturated rings. The van der Waals surface area contributed by atoms with Gasteiger partial charge in [-0.3, -0.25) is 14.5 Å². The minimum absolute atomic E-state index is 0.00123. The van der Waals surface area contributed by atoms with Crippen LogP contribution in [0.5, 0.6) is 0 Å². The number of rotatable bonds is 12. The first-order valence-electron chi connectivity index (χ1n) is 16.5. The number of nitrogens with zero attached hydrogens (tertiary/aromatic N) is 3. The number of hydrogen-bond donors (Lipinski definition) is 3. The van der Waals surface area contributed by atoms with Gasteiger partial charge in [0.05, 0.1) is 12.6 Å². The molecule has 3 aromatic carbocycles. The molecule has 1 saturated heterocycles. The maximum absolute atomic E-state index is 13.9. The van der Waals surface area contributed by atoms with Gasteiger partial charge in [0.2, 0.25) is 0 Å². The summed E-state index contributed by atoms with van der Waals surface area (Å²) in [5.41, 5.74) is 1.48. The molecule has 0 saturated carbocycles. The molecule has 264 valence electrons. The lowest BCUT2D eigenvalue weighted by Gasteiger charge is -2.50. The SMILES string of the molecule is CCON=C(C(=O)N[C@H]1C(=O)N2C(C(=O)OC(C)(C)C)=C(CO)SC[C@H]12)c1csc(NC(c2ccccc2)(c2ccccc2)c2ccccc2)n1. The largest absolute Gasteiger partial charge is 0.455 e. The predicted octanol–water partition coefficient (Wildman–Crippen LogP) is 5.28. The molecule has 2 aliphatic heterocycles. The van der Waals surface area contributed by atoms with Crippen molar-refractivity contribution in [2.75, 3.05) is 24.3 Å². The van der Waals surface area contributed by atoms with Crippen LogP contribution in [-0.4, -0.2) is 75.1 Å². The maximum atomic E-state index is 13.9. The van der Waals surface area contributed by atoms with Crippen molar-refractivity contribution in [3.8, 4) is 0 Å². The summed E-state index contributed by atoms with van der Waals surface area (Å²) in [7, 11) is 0. The molecular formula is C38H39N5O6S2. The minimum Gasteiger partial charge on any atom is -0.455 e. The van der Waals surface area contributed by atoms with Gasteiger partial charge in [0.1, 0.15) is 35.2 Å². The smallest absolute Gasteiger partial charge is 0.356 e. The van der Waals surface area contributed by atoms with E-state index in [1.165, 1.54) is 28.0 Å². The number of carbonyl (C=O) groups excluding carboxylic acids is 3. The Hall–Kier alpha value is -4.98. The molecule has 3 N–H and O–H groups in total. The number of aliphatic hydroxyl groups excluding tert-OH is 1. The van der Waals surface area contributed by atoms with Gasteiger partial charge in [-0.1, -0.05) is 96.2 Å². The van der Waals surface area contributed by atoms with E-state index in [-0.39, 0.29) is 23.7 Å². The van der Waals surface area contributed by atoms with Crippen LogP contribution in [0.2, 0.25) is 0 Å². The Bertz CT molecular complexity index is 1850. The molecular weight excluding hydrogens is 687 g/mol. The zero-order valence-electron chi connectivity index (χ0n) is 28.7. The van der Waals surface area contributed by atoms with Crippen LogP contribution in [-0.2, 0) is 29.5 Å². The van der Waals surface area contributed by atoms with Crippen LogP contribution >= 0.6 is 23.1 Å². The minimum atomic E-state index is -0.937. The van der Waals surface area contributed by atoms with Crippen molar-refractivity contribution >= 4 is 51.7 Å². The van der Waals surface area contributed by atoms with Gasteiger partial charge in [0.25, 0.3) is 11.8 Å². The molecule has 51 heavy (non-hydrogen) atoms. The van der Waals surface area contributed by atoms with Crippen molar-refractivity contribution in [2.45, 2.75) is 50.9 Å². The molecule has 0 spiro atoms. The summed E-state index contributed by atoms with van der Waals surface area (Å²) in [6, 6.07) is 28.8. The highest BCUT2D eigenvalue weighted by molar-refractivity contribution is 8.03. The summed E-state index contributed by atoms with van der Waals surface area (Å²) < 4.78 is 5.54. The second kappa shape index (κ2) is 15.1. The van der Waals surface area contributed by atoms with Crippen LogP contribution in [0, 0.1) is 0 Å². The van der Waals surface area contributed by atoms with Crippen LogP contribution in [0.1, 0.15) is 50.1 Å². The van der Waals surface area contributed by atoms with Crippen molar-refractivity contribution in [3.63, 3.8) is 0 Å². The van der Waals surface area contributed by atoms with E-state index in [0.717, 1.165) is 16.7 Å². The fourth-order valence-electron chi connectivity index (χ4n) is 6.12. The quantitative estimate of drug-likeness (QED) is 0.0585. The van der Waals surface area contributed by atoms with E-state index in [1.807, 2.05) is 54.6 Å². The summed E-state index contributed by atoms with van der Waals surface area (Å²) in [5, 5.41) is 22.8. The molecule has 0 aliphatic carbocycles. The third-order valence-electron chi connectivity index (χ3n) is 8.34. The molecule has 0 bridgehead atoms. The number of ether oxygens (including phenoxy) is 1. The summed E-state index contributed by atoms with van der Waals surface area (Å²) >= 11 is 2.56. The number of esters is 1. The Labute approximate surface area is 304 Å². The normalized spacial score (nSPS) is 17.7. The Balaban J connectivity index is 1.29. The van der Waals surface area contributed by atoms with E-state index in [0.29, 0.717) is 15.8 Å². The second-order valence-electron chi connectivity index (χ2n) is 12.8. The molecule has 0 radical (unpaired) electrons. The van der Waals surface area contributed by atoms with Gasteiger partial charge >= 0.3 is 5.97 Å². The van der Waals surface area contributed by atoms with Crippen LogP contribution in [0.3, 0.4) is 0 Å². The van der Waals surface area contributed by atoms with Crippen LogP contribution in [0.25, 0.3) is 0 Å². The highest BCUT2D eigenvalue weighted by Gasteiger charge is 2.54. The van der Waals surface area contributed by atoms with Crippen LogP contribution < -0.4 is 10.6 Å². The number of carbonyl (C=O) groups is 3. The van der Waals surface area contributed by atoms with E-state index < -0.39 is 47.6 Å². The number of thiazole rings is 1. The monoisotopic (exact) mass is 725 g/mol. The number of benzene rings is 3. The number of nitrogens with one attached hydrogen (secondary N) is 2. The standard InChI is InChI=1S/C38H39N5O6S2/c1-5-48-42-30(33(45)40-31-28-23-50-29(21-44)32(43(28)34(31)46)35(47)49-37(2,3)4)27-22-51-36(39-27)41-38(24-15-9-6-10-16-24,25-17-11-7-12-18-25)26-19-13-8-14-20-26/h6-20,22,28,31,44H,5,21,23H2,1-4H3,(H,39,41)(H,40,45)/t28-,31-/m1/s1. The first-order chi connectivity index (χ1) is 24.6. The van der Waals surface area contributed by atoms with Crippen LogP contribution in [0.4, 0.5) is 5.13 Å². The van der Waals surface area contributed by atoms with Gasteiger partial charge in [0, 0.05) is 16.0 Å². The molecule has 1 aromatic heterocycles. The average molecular weight is 726 g/mol. The van der Waals surface area contributed by atoms with Crippen LogP contribution in [0.15, 0.2) is 112 Å². The molecule has 0 unspecified atom stereocenters. The Morgan fingerprint density at radius 2 is 1.53 bits per heavy atom. The number of aliphatic hydroxyl groups is 1. The zero-order valence-corrected chi connectivity index (χ0v) is 30.3. The zero-order chi connectivity index (χ0) is 36.2. The first kappa shape index (κ1) is 35.8. The number of fused-ring (bicyclic) bond motifs is 1. The number of β-lactam (4-membered cyclic amide) rings is 1. The molecule has 3 heterocycles. The predicted molar refractivity (Wildman–Crippen MR) is 198 cm³/mol. The van der Waals surface area contributed by atoms with Crippen molar-refractivity contribution in [1.82, 2.24) is 15.2 Å². The maximum Gasteiger partial charge on any atom is 0.356 e. The van der Waals surface area contributed by atoms with Gasteiger partial charge in [-0.2, -0.15) is 0 Å². The molecule has 2 aliphatic rings. The number of aromatic nitrogens is 1. The van der Waals surface area contributed by atoms with Crippen molar-refractivity contribution in [3.05, 3.63) is 129 Å². The third kappa shape index (κ3) is 7.27. The van der Waals surface area contributed by atoms with Gasteiger partial charge in [-0.05, 0) is 44.4 Å². The fourth-order valence-corrected chi connectivity index (χ4v) is 8.00. The lowest BCUT2D eigenvalue weighted by molar-refractivity contribution is -0.160. The lowest BCUT2D eigenvalue weighted by Crippen LogP contribution is -2.73. The van der Waals surface area contributed by atoms with Gasteiger partial charge in [0.15, 0.2) is 10.8 Å². The van der Waals surface area contributed by atoms with Crippen molar-refractivity contribution in [1.29, 1.82) is 0 Å². The summed E-state index contributed by atoms with van der Waals surface area (Å²) in [6.07, 6.45) is 0. The van der Waals surface area contributed by atoms with Gasteiger partial charge < -0.3 is 25.3 Å². The van der Waals surface area contributed by atoms with Crippen molar-refractivity contribution < 1.29 is 29.1 Å². The second-order valence-corrected chi connectivity index (χ2v) is 14.8. The third-order valence-corrected chi connectivity index (χ3v) is 10.3. The highest BCUT2D eigenvalue weighted by Crippen LogP contribution is 2.42. The Morgan fingerprint density at radius 3 is 2.04 bits per heavy atom. The number of thioether (sulfide) groups is 1. The fraction of sp³-hybridized carbons (Fsp3) is 0.289. The van der Waals surface area contributed by atoms with E-state index >= 15 is 0 Å². The summed E-state index contributed by atoms with van der Waals surface area (Å²) in [4.78, 5) is 52.3. The van der Waals surface area contributed by atoms with Crippen molar-refractivity contribution in [2.24, 2.45) is 5.16 Å². The van der Waals surface area contributed by atoms with E-state index in [1.54, 1.807) is 33.1 Å². The summed E-state index contributed by atoms with van der Waals surface area (Å²) in [5.74, 6) is -1.49. The Kier molecular flexibility index (Phi) is 10.6.